The van der Waals surface area contributed by atoms with E-state index < -0.39 is 54.0 Å². The lowest BCUT2D eigenvalue weighted by atomic mass is 9.99. The van der Waals surface area contributed by atoms with Crippen molar-refractivity contribution in [1.29, 1.82) is 0 Å². The molecular weight excluding hydrogens is 432 g/mol. The van der Waals surface area contributed by atoms with Gasteiger partial charge in [0.2, 0.25) is 17.7 Å². The van der Waals surface area contributed by atoms with E-state index in [2.05, 4.69) is 25.9 Å². The number of aromatic nitrogens is 2. The Morgan fingerprint density at radius 3 is 2.06 bits per heavy atom. The standard InChI is InChI=1S/C21H36N6O6/c1-10(2)6-14(18(29)26-15(21(32)33)7-13-8-23-9-24-13)25-20(31)17(11(3)4)27-19(30)16(22)12(5)28/h8-12,14-17,28H,6-7,22H2,1-5H3,(H,23,24)(H,25,31)(H,26,29)(H,27,30)(H,32,33). The van der Waals surface area contributed by atoms with Crippen LogP contribution in [0.3, 0.4) is 0 Å². The lowest BCUT2D eigenvalue weighted by Crippen LogP contribution is -2.59. The molecule has 0 aromatic carbocycles. The SMILES string of the molecule is CC(C)CC(NC(=O)C(NC(=O)C(N)C(C)O)C(C)C)C(=O)NC(Cc1cnc[nH]1)C(=O)O. The molecule has 3 amide bonds. The molecule has 0 spiro atoms. The van der Waals surface area contributed by atoms with E-state index in [0.717, 1.165) is 0 Å². The Balaban J connectivity index is 2.96. The van der Waals surface area contributed by atoms with Crippen LogP contribution in [0.2, 0.25) is 0 Å². The molecular formula is C21H36N6O6. The maximum absolute atomic E-state index is 12.9. The van der Waals surface area contributed by atoms with Crippen LogP contribution in [0.25, 0.3) is 0 Å². The third-order valence-electron chi connectivity index (χ3n) is 5.00. The molecule has 0 saturated carbocycles. The summed E-state index contributed by atoms with van der Waals surface area (Å²) >= 11 is 0. The van der Waals surface area contributed by atoms with Gasteiger partial charge in [-0.3, -0.25) is 14.4 Å². The number of hydrogen-bond acceptors (Lipinski definition) is 7. The fourth-order valence-electron chi connectivity index (χ4n) is 3.06. The van der Waals surface area contributed by atoms with Gasteiger partial charge in [0.25, 0.3) is 0 Å². The number of amides is 3. The molecule has 0 aliphatic carbocycles. The number of carbonyl (C=O) groups excluding carboxylic acids is 3. The second-order valence-corrected chi connectivity index (χ2v) is 8.87. The topological polar surface area (TPSA) is 200 Å². The number of nitrogens with one attached hydrogen (secondary N) is 4. The maximum atomic E-state index is 12.9. The van der Waals surface area contributed by atoms with Crippen molar-refractivity contribution in [1.82, 2.24) is 25.9 Å². The molecule has 1 aromatic heterocycles. The molecule has 0 aliphatic rings. The van der Waals surface area contributed by atoms with E-state index in [4.69, 9.17) is 5.73 Å². The number of imidazole rings is 1. The van der Waals surface area contributed by atoms with Crippen molar-refractivity contribution in [2.75, 3.05) is 0 Å². The van der Waals surface area contributed by atoms with Crippen molar-refractivity contribution in [3.8, 4) is 0 Å². The third kappa shape index (κ3) is 9.18. The molecule has 5 unspecified atom stereocenters. The van der Waals surface area contributed by atoms with Gasteiger partial charge in [0.05, 0.1) is 12.4 Å². The second kappa shape index (κ2) is 12.9. The van der Waals surface area contributed by atoms with Gasteiger partial charge in [-0.25, -0.2) is 9.78 Å². The van der Waals surface area contributed by atoms with Gasteiger partial charge in [-0.15, -0.1) is 0 Å². The van der Waals surface area contributed by atoms with Crippen molar-refractivity contribution >= 4 is 23.7 Å². The van der Waals surface area contributed by atoms with Crippen LogP contribution < -0.4 is 21.7 Å². The Hall–Kier alpha value is -2.99. The average molecular weight is 469 g/mol. The number of carbonyl (C=O) groups is 4. The lowest BCUT2D eigenvalue weighted by Gasteiger charge is -2.28. The van der Waals surface area contributed by atoms with Crippen molar-refractivity contribution in [3.05, 3.63) is 18.2 Å². The first kappa shape index (κ1) is 28.0. The summed E-state index contributed by atoms with van der Waals surface area (Å²) in [7, 11) is 0. The van der Waals surface area contributed by atoms with Gasteiger partial charge < -0.3 is 36.9 Å². The number of aliphatic carboxylic acids is 1. The van der Waals surface area contributed by atoms with Crippen LogP contribution >= 0.6 is 0 Å². The normalized spacial score (nSPS) is 15.9. The first-order valence-corrected chi connectivity index (χ1v) is 10.9. The summed E-state index contributed by atoms with van der Waals surface area (Å²) in [5, 5.41) is 26.6. The van der Waals surface area contributed by atoms with E-state index in [1.807, 2.05) is 13.8 Å². The third-order valence-corrected chi connectivity index (χ3v) is 5.00. The zero-order valence-electron chi connectivity index (χ0n) is 19.7. The Kier molecular flexibility index (Phi) is 11.0. The number of aromatic amines is 1. The van der Waals surface area contributed by atoms with Gasteiger partial charge in [-0.2, -0.15) is 0 Å². The highest BCUT2D eigenvalue weighted by Gasteiger charge is 2.32. The number of nitrogens with zero attached hydrogens (tertiary/aromatic N) is 1. The number of aliphatic hydroxyl groups excluding tert-OH is 1. The summed E-state index contributed by atoms with van der Waals surface area (Å²) in [5.74, 6) is -3.53. The van der Waals surface area contributed by atoms with Gasteiger partial charge in [0.15, 0.2) is 0 Å². The van der Waals surface area contributed by atoms with E-state index in [1.165, 1.54) is 19.4 Å². The molecule has 0 aliphatic heterocycles. The highest BCUT2D eigenvalue weighted by Crippen LogP contribution is 2.09. The van der Waals surface area contributed by atoms with Crippen LogP contribution in [0.1, 0.15) is 46.7 Å². The molecule has 0 bridgehead atoms. The van der Waals surface area contributed by atoms with Gasteiger partial charge in [0, 0.05) is 18.3 Å². The molecule has 12 nitrogen and oxygen atoms in total. The quantitative estimate of drug-likeness (QED) is 0.189. The molecule has 33 heavy (non-hydrogen) atoms. The number of rotatable bonds is 13. The van der Waals surface area contributed by atoms with Gasteiger partial charge in [-0.05, 0) is 25.2 Å². The van der Waals surface area contributed by atoms with Crippen molar-refractivity contribution in [2.24, 2.45) is 17.6 Å². The van der Waals surface area contributed by atoms with Crippen molar-refractivity contribution in [3.63, 3.8) is 0 Å². The minimum Gasteiger partial charge on any atom is -0.480 e. The Morgan fingerprint density at radius 2 is 1.61 bits per heavy atom. The van der Waals surface area contributed by atoms with Gasteiger partial charge in [0.1, 0.15) is 24.2 Å². The summed E-state index contributed by atoms with van der Waals surface area (Å²) in [6.07, 6.45) is 2.00. The van der Waals surface area contributed by atoms with E-state index in [0.29, 0.717) is 5.69 Å². The van der Waals surface area contributed by atoms with Crippen molar-refractivity contribution in [2.45, 2.75) is 77.7 Å². The summed E-state index contributed by atoms with van der Waals surface area (Å²) in [6, 6.07) is -4.48. The molecule has 186 valence electrons. The van der Waals surface area contributed by atoms with E-state index >= 15 is 0 Å². The Morgan fingerprint density at radius 1 is 1.00 bits per heavy atom. The first-order chi connectivity index (χ1) is 15.3. The molecule has 5 atom stereocenters. The number of H-pyrrole nitrogens is 1. The lowest BCUT2D eigenvalue weighted by molar-refractivity contribution is -0.142. The average Bonchev–Trinajstić information content (AvgIpc) is 3.22. The molecule has 1 aromatic rings. The summed E-state index contributed by atoms with van der Waals surface area (Å²) in [6.45, 7) is 8.49. The summed E-state index contributed by atoms with van der Waals surface area (Å²) in [4.78, 5) is 56.4. The van der Waals surface area contributed by atoms with Crippen LogP contribution in [0, 0.1) is 11.8 Å². The zero-order chi connectivity index (χ0) is 25.3. The highest BCUT2D eigenvalue weighted by atomic mass is 16.4. The molecule has 0 radical (unpaired) electrons. The van der Waals surface area contributed by atoms with Gasteiger partial charge >= 0.3 is 5.97 Å². The predicted molar refractivity (Wildman–Crippen MR) is 120 cm³/mol. The number of nitrogens with two attached hydrogens (primary N) is 1. The highest BCUT2D eigenvalue weighted by molar-refractivity contribution is 5.94. The second-order valence-electron chi connectivity index (χ2n) is 8.87. The molecule has 0 fully saturated rings. The minimum absolute atomic E-state index is 0.00712. The monoisotopic (exact) mass is 468 g/mol. The Bertz CT molecular complexity index is 795. The molecule has 12 heteroatoms. The predicted octanol–water partition coefficient (Wildman–Crippen LogP) is -1.10. The smallest absolute Gasteiger partial charge is 0.326 e. The maximum Gasteiger partial charge on any atom is 0.326 e. The molecule has 8 N–H and O–H groups in total. The number of hydrogen-bond donors (Lipinski definition) is 7. The van der Waals surface area contributed by atoms with Crippen molar-refractivity contribution < 1.29 is 29.4 Å². The van der Waals surface area contributed by atoms with Gasteiger partial charge in [-0.1, -0.05) is 27.7 Å². The number of aliphatic hydroxyl groups is 1. The van der Waals surface area contributed by atoms with Crippen LogP contribution in [0.4, 0.5) is 0 Å². The minimum atomic E-state index is -1.23. The Labute approximate surface area is 193 Å². The first-order valence-electron chi connectivity index (χ1n) is 10.9. The van der Waals surface area contributed by atoms with E-state index in [1.54, 1.807) is 13.8 Å². The van der Waals surface area contributed by atoms with E-state index in [-0.39, 0.29) is 24.7 Å². The zero-order valence-corrected chi connectivity index (χ0v) is 19.7. The van der Waals surface area contributed by atoms with Crippen LogP contribution in [-0.4, -0.2) is 74.1 Å². The summed E-state index contributed by atoms with van der Waals surface area (Å²) in [5.41, 5.74) is 6.17. The number of carboxylic acid groups (broad SMARTS) is 1. The summed E-state index contributed by atoms with van der Waals surface area (Å²) < 4.78 is 0. The van der Waals surface area contributed by atoms with Crippen LogP contribution in [0.15, 0.2) is 12.5 Å². The fraction of sp³-hybridized carbons (Fsp3) is 0.667. The molecule has 1 heterocycles. The molecule has 0 saturated heterocycles. The fourth-order valence-corrected chi connectivity index (χ4v) is 3.06. The van der Waals surface area contributed by atoms with Crippen LogP contribution in [0.5, 0.6) is 0 Å². The van der Waals surface area contributed by atoms with Crippen LogP contribution in [-0.2, 0) is 25.6 Å². The van der Waals surface area contributed by atoms with E-state index in [9.17, 15) is 29.4 Å². The molecule has 1 rings (SSSR count). The largest absolute Gasteiger partial charge is 0.480 e. The number of carboxylic acids is 1.